The number of ether oxygens (including phenoxy) is 1. The predicted molar refractivity (Wildman–Crippen MR) is 119 cm³/mol. The SMILES string of the molecule is C[C@@H](Nc1ccc2ncc(-c3cc(F)cc(OC[C@@H]4CCN4)c3)n2n1)c1cccc(F)c1. The van der Waals surface area contributed by atoms with Gasteiger partial charge in [0.2, 0.25) is 0 Å². The Kier molecular flexibility index (Phi) is 5.45. The second-order valence-electron chi connectivity index (χ2n) is 7.98. The van der Waals surface area contributed by atoms with Crippen molar-refractivity contribution in [2.45, 2.75) is 25.4 Å². The van der Waals surface area contributed by atoms with Gasteiger partial charge in [-0.05, 0) is 61.9 Å². The molecule has 2 aromatic carbocycles. The minimum absolute atomic E-state index is 0.156. The van der Waals surface area contributed by atoms with Crippen molar-refractivity contribution in [1.29, 1.82) is 0 Å². The van der Waals surface area contributed by atoms with E-state index in [1.54, 1.807) is 22.8 Å². The number of halogens is 2. The van der Waals surface area contributed by atoms with Crippen molar-refractivity contribution >= 4 is 11.5 Å². The van der Waals surface area contributed by atoms with Gasteiger partial charge >= 0.3 is 0 Å². The summed E-state index contributed by atoms with van der Waals surface area (Å²) in [6.07, 6.45) is 2.72. The number of hydrogen-bond donors (Lipinski definition) is 2. The molecule has 0 saturated carbocycles. The molecule has 5 rings (SSSR count). The number of fused-ring (bicyclic) bond motifs is 1. The van der Waals surface area contributed by atoms with Gasteiger partial charge in [-0.2, -0.15) is 0 Å². The quantitative estimate of drug-likeness (QED) is 0.445. The van der Waals surface area contributed by atoms with E-state index in [0.29, 0.717) is 41.1 Å². The maximum absolute atomic E-state index is 14.3. The monoisotopic (exact) mass is 435 g/mol. The van der Waals surface area contributed by atoms with Crippen molar-refractivity contribution in [2.24, 2.45) is 0 Å². The summed E-state index contributed by atoms with van der Waals surface area (Å²) in [5, 5.41) is 11.2. The maximum atomic E-state index is 14.3. The first-order chi connectivity index (χ1) is 15.5. The Bertz CT molecular complexity index is 1250. The van der Waals surface area contributed by atoms with Crippen molar-refractivity contribution < 1.29 is 13.5 Å². The Morgan fingerprint density at radius 1 is 1.16 bits per heavy atom. The summed E-state index contributed by atoms with van der Waals surface area (Å²) in [5.74, 6) is 0.395. The fraction of sp³-hybridized carbons (Fsp3) is 0.250. The molecular weight excluding hydrogens is 412 g/mol. The normalized spacial score (nSPS) is 16.5. The van der Waals surface area contributed by atoms with Gasteiger partial charge in [-0.25, -0.2) is 18.3 Å². The second kappa shape index (κ2) is 8.55. The lowest BCUT2D eigenvalue weighted by atomic mass is 10.1. The van der Waals surface area contributed by atoms with Crippen LogP contribution in [0.25, 0.3) is 16.9 Å². The van der Waals surface area contributed by atoms with E-state index >= 15 is 0 Å². The summed E-state index contributed by atoms with van der Waals surface area (Å²) in [6, 6.07) is 14.9. The summed E-state index contributed by atoms with van der Waals surface area (Å²) in [7, 11) is 0. The first kappa shape index (κ1) is 20.4. The maximum Gasteiger partial charge on any atom is 0.154 e. The number of anilines is 1. The molecule has 2 aromatic heterocycles. The van der Waals surface area contributed by atoms with Crippen LogP contribution >= 0.6 is 0 Å². The van der Waals surface area contributed by atoms with Gasteiger partial charge in [0.25, 0.3) is 0 Å². The highest BCUT2D eigenvalue weighted by Gasteiger charge is 2.18. The van der Waals surface area contributed by atoms with Crippen LogP contribution in [-0.4, -0.2) is 33.8 Å². The average molecular weight is 435 g/mol. The zero-order valence-corrected chi connectivity index (χ0v) is 17.6. The molecule has 0 aliphatic carbocycles. The number of aromatic nitrogens is 3. The lowest BCUT2D eigenvalue weighted by molar-refractivity contribution is 0.217. The number of benzene rings is 2. The number of imidazole rings is 1. The summed E-state index contributed by atoms with van der Waals surface area (Å²) in [5.41, 5.74) is 2.71. The number of nitrogens with zero attached hydrogens (tertiary/aromatic N) is 3. The molecule has 2 atom stereocenters. The molecule has 3 heterocycles. The van der Waals surface area contributed by atoms with Gasteiger partial charge in [-0.3, -0.25) is 0 Å². The summed E-state index contributed by atoms with van der Waals surface area (Å²) >= 11 is 0. The smallest absolute Gasteiger partial charge is 0.154 e. The van der Waals surface area contributed by atoms with E-state index in [1.807, 2.05) is 25.1 Å². The van der Waals surface area contributed by atoms with Gasteiger partial charge in [0.15, 0.2) is 5.65 Å². The van der Waals surface area contributed by atoms with Crippen LogP contribution in [0.15, 0.2) is 60.8 Å². The van der Waals surface area contributed by atoms with Crippen molar-refractivity contribution in [1.82, 2.24) is 19.9 Å². The van der Waals surface area contributed by atoms with Crippen LogP contribution in [0.1, 0.15) is 24.9 Å². The minimum atomic E-state index is -0.386. The minimum Gasteiger partial charge on any atom is -0.492 e. The molecular formula is C24H23F2N5O. The largest absolute Gasteiger partial charge is 0.492 e. The van der Waals surface area contributed by atoms with Crippen molar-refractivity contribution in [3.05, 3.63) is 78.0 Å². The molecule has 1 saturated heterocycles. The van der Waals surface area contributed by atoms with Gasteiger partial charge in [0.1, 0.15) is 29.8 Å². The van der Waals surface area contributed by atoms with Gasteiger partial charge in [0, 0.05) is 17.7 Å². The molecule has 0 amide bonds. The standard InChI is InChI=1S/C24H23F2N5O/c1-15(16-3-2-4-18(25)9-16)29-23-5-6-24-28-13-22(31(24)30-23)17-10-19(26)12-21(11-17)32-14-20-7-8-27-20/h2-6,9-13,15,20,27H,7-8,14H2,1H3,(H,29,30)/t15-,20+/m1/s1. The summed E-state index contributed by atoms with van der Waals surface area (Å²) in [6.45, 7) is 3.42. The van der Waals surface area contributed by atoms with Crippen LogP contribution < -0.4 is 15.4 Å². The predicted octanol–water partition coefficient (Wildman–Crippen LogP) is 4.59. The Balaban J connectivity index is 1.42. The molecule has 4 aromatic rings. The Hall–Kier alpha value is -3.52. The topological polar surface area (TPSA) is 63.5 Å². The molecule has 0 unspecified atom stereocenters. The first-order valence-electron chi connectivity index (χ1n) is 10.6. The molecule has 1 fully saturated rings. The third-order valence-corrected chi connectivity index (χ3v) is 5.62. The molecule has 0 bridgehead atoms. The van der Waals surface area contributed by atoms with E-state index in [9.17, 15) is 8.78 Å². The fourth-order valence-corrected chi connectivity index (χ4v) is 3.71. The number of nitrogens with one attached hydrogen (secondary N) is 2. The zero-order valence-electron chi connectivity index (χ0n) is 17.6. The zero-order chi connectivity index (χ0) is 22.1. The second-order valence-corrected chi connectivity index (χ2v) is 7.98. The van der Waals surface area contributed by atoms with E-state index < -0.39 is 0 Å². The van der Waals surface area contributed by atoms with Crippen LogP contribution in [0.2, 0.25) is 0 Å². The molecule has 32 heavy (non-hydrogen) atoms. The number of rotatable bonds is 7. The van der Waals surface area contributed by atoms with Crippen LogP contribution in [0.5, 0.6) is 5.75 Å². The van der Waals surface area contributed by atoms with E-state index in [-0.39, 0.29) is 17.7 Å². The van der Waals surface area contributed by atoms with E-state index in [0.717, 1.165) is 18.5 Å². The average Bonchev–Trinajstić information content (AvgIpc) is 3.15. The summed E-state index contributed by atoms with van der Waals surface area (Å²) in [4.78, 5) is 4.39. The molecule has 1 aliphatic heterocycles. The third kappa shape index (κ3) is 4.27. The molecule has 0 spiro atoms. The molecule has 6 nitrogen and oxygen atoms in total. The molecule has 1 aliphatic rings. The van der Waals surface area contributed by atoms with E-state index in [4.69, 9.17) is 4.74 Å². The molecule has 8 heteroatoms. The Labute approximate surface area is 184 Å². The van der Waals surface area contributed by atoms with Gasteiger partial charge < -0.3 is 15.4 Å². The highest BCUT2D eigenvalue weighted by molar-refractivity contribution is 5.65. The molecule has 164 valence electrons. The Morgan fingerprint density at radius 2 is 2.03 bits per heavy atom. The lowest BCUT2D eigenvalue weighted by Gasteiger charge is -2.27. The lowest BCUT2D eigenvalue weighted by Crippen LogP contribution is -2.46. The highest BCUT2D eigenvalue weighted by Crippen LogP contribution is 2.27. The van der Waals surface area contributed by atoms with E-state index in [1.165, 1.54) is 24.3 Å². The summed E-state index contributed by atoms with van der Waals surface area (Å²) < 4.78 is 35.3. The Morgan fingerprint density at radius 3 is 2.81 bits per heavy atom. The number of hydrogen-bond acceptors (Lipinski definition) is 5. The molecule has 0 radical (unpaired) electrons. The third-order valence-electron chi connectivity index (χ3n) is 5.62. The van der Waals surface area contributed by atoms with Gasteiger partial charge in [0.05, 0.1) is 17.9 Å². The fourth-order valence-electron chi connectivity index (χ4n) is 3.71. The van der Waals surface area contributed by atoms with Crippen LogP contribution in [0, 0.1) is 11.6 Å². The van der Waals surface area contributed by atoms with Gasteiger partial charge in [-0.15, -0.1) is 5.10 Å². The van der Waals surface area contributed by atoms with Crippen LogP contribution in [0.4, 0.5) is 14.6 Å². The van der Waals surface area contributed by atoms with Gasteiger partial charge in [-0.1, -0.05) is 12.1 Å². The van der Waals surface area contributed by atoms with E-state index in [2.05, 4.69) is 20.7 Å². The van der Waals surface area contributed by atoms with Crippen molar-refractivity contribution in [3.63, 3.8) is 0 Å². The highest BCUT2D eigenvalue weighted by atomic mass is 19.1. The molecule has 2 N–H and O–H groups in total. The van der Waals surface area contributed by atoms with Crippen LogP contribution in [-0.2, 0) is 0 Å². The van der Waals surface area contributed by atoms with Crippen molar-refractivity contribution in [2.75, 3.05) is 18.5 Å². The van der Waals surface area contributed by atoms with Crippen molar-refractivity contribution in [3.8, 4) is 17.0 Å². The van der Waals surface area contributed by atoms with Crippen LogP contribution in [0.3, 0.4) is 0 Å². The first-order valence-corrected chi connectivity index (χ1v) is 10.6.